The predicted molar refractivity (Wildman–Crippen MR) is 128 cm³/mol. The Bertz CT molecular complexity index is 1260. The lowest BCUT2D eigenvalue weighted by molar-refractivity contribution is 0.232. The van der Waals surface area contributed by atoms with E-state index >= 15 is 0 Å². The van der Waals surface area contributed by atoms with Gasteiger partial charge in [0, 0.05) is 50.7 Å². The molecular weight excluding hydrogens is 404 g/mol. The van der Waals surface area contributed by atoms with Crippen LogP contribution in [0.4, 0.5) is 0 Å². The van der Waals surface area contributed by atoms with Gasteiger partial charge in [-0.25, -0.2) is 0 Å². The molecule has 0 spiro atoms. The summed E-state index contributed by atoms with van der Waals surface area (Å²) in [4.78, 5) is 10.4. The Kier molecular flexibility index (Phi) is 5.82. The monoisotopic (exact) mass is 428 g/mol. The van der Waals surface area contributed by atoms with Gasteiger partial charge in [0.1, 0.15) is 0 Å². The Hall–Kier alpha value is -3.13. The SMILES string of the molecule is CC(C)C(c1[nH]c2ccc(C#N)cc2c1-c1cncc(-c2ccc(Cl)cc2)c1)N(C)C. The number of nitrogens with one attached hydrogen (secondary N) is 1. The van der Waals surface area contributed by atoms with E-state index in [1.54, 1.807) is 0 Å². The van der Waals surface area contributed by atoms with Gasteiger partial charge in [0.25, 0.3) is 0 Å². The van der Waals surface area contributed by atoms with E-state index < -0.39 is 0 Å². The lowest BCUT2D eigenvalue weighted by Gasteiger charge is -2.28. The van der Waals surface area contributed by atoms with E-state index in [-0.39, 0.29) is 6.04 Å². The molecule has 2 aromatic carbocycles. The molecule has 0 fully saturated rings. The summed E-state index contributed by atoms with van der Waals surface area (Å²) >= 11 is 6.07. The van der Waals surface area contributed by atoms with Gasteiger partial charge in [-0.15, -0.1) is 0 Å². The van der Waals surface area contributed by atoms with Gasteiger partial charge in [0.05, 0.1) is 17.7 Å². The molecular formula is C26H25ClN4. The fourth-order valence-electron chi connectivity index (χ4n) is 4.38. The zero-order chi connectivity index (χ0) is 22.1. The lowest BCUT2D eigenvalue weighted by atomic mass is 9.92. The maximum absolute atomic E-state index is 9.47. The van der Waals surface area contributed by atoms with Crippen LogP contribution in [0.2, 0.25) is 5.02 Å². The molecule has 0 aliphatic rings. The third-order valence-corrected chi connectivity index (χ3v) is 5.90. The number of benzene rings is 2. The van der Waals surface area contributed by atoms with Crippen LogP contribution in [0.5, 0.6) is 0 Å². The second-order valence-corrected chi connectivity index (χ2v) is 8.84. The fourth-order valence-corrected chi connectivity index (χ4v) is 4.51. The molecule has 0 amide bonds. The summed E-state index contributed by atoms with van der Waals surface area (Å²) in [6.07, 6.45) is 3.77. The molecule has 2 aromatic heterocycles. The molecule has 1 unspecified atom stereocenters. The van der Waals surface area contributed by atoms with Gasteiger partial charge in [0.2, 0.25) is 0 Å². The van der Waals surface area contributed by atoms with Crippen LogP contribution in [0, 0.1) is 17.2 Å². The average Bonchev–Trinajstić information content (AvgIpc) is 3.11. The first-order chi connectivity index (χ1) is 14.9. The molecule has 0 saturated carbocycles. The van der Waals surface area contributed by atoms with E-state index in [0.717, 1.165) is 38.9 Å². The number of pyridine rings is 1. The van der Waals surface area contributed by atoms with Gasteiger partial charge in [-0.2, -0.15) is 5.26 Å². The number of rotatable bonds is 5. The van der Waals surface area contributed by atoms with Crippen molar-refractivity contribution in [2.24, 2.45) is 5.92 Å². The van der Waals surface area contributed by atoms with Gasteiger partial charge in [-0.05, 0) is 62.0 Å². The van der Waals surface area contributed by atoms with Crippen molar-refractivity contribution in [1.29, 1.82) is 5.26 Å². The van der Waals surface area contributed by atoms with Crippen LogP contribution in [-0.4, -0.2) is 29.0 Å². The minimum Gasteiger partial charge on any atom is -0.357 e. The van der Waals surface area contributed by atoms with Crippen LogP contribution in [0.25, 0.3) is 33.2 Å². The maximum atomic E-state index is 9.47. The normalized spacial score (nSPS) is 12.5. The third kappa shape index (κ3) is 4.07. The highest BCUT2D eigenvalue weighted by molar-refractivity contribution is 6.30. The van der Waals surface area contributed by atoms with Crippen molar-refractivity contribution in [3.05, 3.63) is 77.2 Å². The van der Waals surface area contributed by atoms with Crippen molar-refractivity contribution < 1.29 is 0 Å². The number of hydrogen-bond donors (Lipinski definition) is 1. The summed E-state index contributed by atoms with van der Waals surface area (Å²) in [5.74, 6) is 0.393. The summed E-state index contributed by atoms with van der Waals surface area (Å²) < 4.78 is 0. The third-order valence-electron chi connectivity index (χ3n) is 5.64. The highest BCUT2D eigenvalue weighted by atomic mass is 35.5. The standard InChI is InChI=1S/C26H25ClN4/c1-16(2)26(31(3)4)25-24(22-11-17(13-28)5-10-23(22)30-25)20-12-19(14-29-15-20)18-6-8-21(27)9-7-18/h5-12,14-16,26,30H,1-4H3. The maximum Gasteiger partial charge on any atom is 0.0991 e. The summed E-state index contributed by atoms with van der Waals surface area (Å²) in [5.41, 5.74) is 7.02. The zero-order valence-electron chi connectivity index (χ0n) is 18.1. The number of nitrogens with zero attached hydrogens (tertiary/aromatic N) is 3. The van der Waals surface area contributed by atoms with Gasteiger partial charge < -0.3 is 9.88 Å². The molecule has 31 heavy (non-hydrogen) atoms. The van der Waals surface area contributed by atoms with E-state index in [9.17, 15) is 5.26 Å². The predicted octanol–water partition coefficient (Wildman–Crippen LogP) is 6.68. The molecule has 4 rings (SSSR count). The quantitative estimate of drug-likeness (QED) is 0.385. The zero-order valence-corrected chi connectivity index (χ0v) is 18.9. The number of fused-ring (bicyclic) bond motifs is 1. The van der Waals surface area contributed by atoms with Crippen molar-refractivity contribution >= 4 is 22.5 Å². The van der Waals surface area contributed by atoms with Crippen LogP contribution >= 0.6 is 11.6 Å². The number of H-pyrrole nitrogens is 1. The second-order valence-electron chi connectivity index (χ2n) is 8.41. The molecule has 2 heterocycles. The Labute approximate surface area is 188 Å². The molecule has 1 atom stereocenters. The average molecular weight is 429 g/mol. The summed E-state index contributed by atoms with van der Waals surface area (Å²) in [6, 6.07) is 18.2. The molecule has 0 saturated heterocycles. The Morgan fingerprint density at radius 1 is 0.968 bits per heavy atom. The van der Waals surface area contributed by atoms with Gasteiger partial charge in [0.15, 0.2) is 0 Å². The Morgan fingerprint density at radius 3 is 2.32 bits per heavy atom. The highest BCUT2D eigenvalue weighted by Crippen LogP contribution is 2.40. The Morgan fingerprint density at radius 2 is 1.68 bits per heavy atom. The van der Waals surface area contributed by atoms with Crippen molar-refractivity contribution in [3.63, 3.8) is 0 Å². The fraction of sp³-hybridized carbons (Fsp3) is 0.231. The summed E-state index contributed by atoms with van der Waals surface area (Å²) in [6.45, 7) is 4.45. The molecule has 0 bridgehead atoms. The molecule has 4 nitrogen and oxygen atoms in total. The largest absolute Gasteiger partial charge is 0.357 e. The van der Waals surface area contributed by atoms with Gasteiger partial charge >= 0.3 is 0 Å². The van der Waals surface area contributed by atoms with E-state index in [0.29, 0.717) is 16.5 Å². The molecule has 1 N–H and O–H groups in total. The van der Waals surface area contributed by atoms with E-state index in [4.69, 9.17) is 11.6 Å². The summed E-state index contributed by atoms with van der Waals surface area (Å²) in [7, 11) is 4.20. The van der Waals surface area contributed by atoms with Gasteiger partial charge in [-0.1, -0.05) is 37.6 Å². The van der Waals surface area contributed by atoms with Crippen molar-refractivity contribution in [3.8, 4) is 28.3 Å². The first-order valence-electron chi connectivity index (χ1n) is 10.3. The minimum absolute atomic E-state index is 0.187. The second kappa shape index (κ2) is 8.55. The van der Waals surface area contributed by atoms with Crippen LogP contribution in [0.3, 0.4) is 0 Å². The summed E-state index contributed by atoms with van der Waals surface area (Å²) in [5, 5.41) is 11.2. The smallest absolute Gasteiger partial charge is 0.0991 e. The molecule has 0 radical (unpaired) electrons. The molecule has 5 heteroatoms. The molecule has 0 aliphatic heterocycles. The molecule has 4 aromatic rings. The van der Waals surface area contributed by atoms with Crippen molar-refractivity contribution in [1.82, 2.24) is 14.9 Å². The molecule has 0 aliphatic carbocycles. The lowest BCUT2D eigenvalue weighted by Crippen LogP contribution is -2.25. The number of nitriles is 1. The number of halogens is 1. The van der Waals surface area contributed by atoms with E-state index in [1.807, 2.05) is 54.9 Å². The van der Waals surface area contributed by atoms with E-state index in [2.05, 4.69) is 54.9 Å². The van der Waals surface area contributed by atoms with Crippen molar-refractivity contribution in [2.45, 2.75) is 19.9 Å². The minimum atomic E-state index is 0.187. The van der Waals surface area contributed by atoms with Crippen LogP contribution < -0.4 is 0 Å². The van der Waals surface area contributed by atoms with Crippen LogP contribution in [-0.2, 0) is 0 Å². The topological polar surface area (TPSA) is 55.7 Å². The highest BCUT2D eigenvalue weighted by Gasteiger charge is 2.26. The Balaban J connectivity index is 1.97. The van der Waals surface area contributed by atoms with Crippen LogP contribution in [0.1, 0.15) is 31.1 Å². The molecule has 156 valence electrons. The van der Waals surface area contributed by atoms with E-state index in [1.165, 1.54) is 0 Å². The first-order valence-corrected chi connectivity index (χ1v) is 10.7. The van der Waals surface area contributed by atoms with Crippen LogP contribution in [0.15, 0.2) is 60.9 Å². The number of hydrogen-bond acceptors (Lipinski definition) is 3. The number of aromatic amines is 1. The first kappa shape index (κ1) is 21.1. The van der Waals surface area contributed by atoms with Gasteiger partial charge in [-0.3, -0.25) is 4.98 Å². The van der Waals surface area contributed by atoms with Crippen molar-refractivity contribution in [2.75, 3.05) is 14.1 Å². The number of aromatic nitrogens is 2.